The molecule has 1 N–H and O–H groups in total. The molecule has 0 radical (unpaired) electrons. The zero-order valence-corrected chi connectivity index (χ0v) is 26.0. The summed E-state index contributed by atoms with van der Waals surface area (Å²) < 4.78 is 3.13. The number of aryl methyl sites for hydroxylation is 1. The van der Waals surface area contributed by atoms with Crippen LogP contribution in [0.4, 0.5) is 5.69 Å². The molecule has 0 saturated heterocycles. The Labute approximate surface area is 250 Å². The maximum atomic E-state index is 12.5. The monoisotopic (exact) mass is 564 g/mol. The fraction of sp³-hybridized carbons (Fsp3) is 0.389. The lowest BCUT2D eigenvalue weighted by Crippen LogP contribution is -2.48. The lowest BCUT2D eigenvalue weighted by molar-refractivity contribution is -0.882. The van der Waals surface area contributed by atoms with Crippen molar-refractivity contribution in [1.29, 1.82) is 0 Å². The average molecular weight is 565 g/mol. The third kappa shape index (κ3) is 6.44. The van der Waals surface area contributed by atoms with Crippen LogP contribution >= 0.6 is 0 Å². The van der Waals surface area contributed by atoms with Gasteiger partial charge in [0.1, 0.15) is 5.82 Å². The number of anilines is 1. The summed E-state index contributed by atoms with van der Waals surface area (Å²) in [6.45, 7) is 5.29. The van der Waals surface area contributed by atoms with Crippen LogP contribution in [0.3, 0.4) is 0 Å². The Morgan fingerprint density at radius 2 is 1.48 bits per heavy atom. The van der Waals surface area contributed by atoms with Crippen molar-refractivity contribution in [2.24, 2.45) is 0 Å². The molecule has 0 aliphatic heterocycles. The highest BCUT2D eigenvalue weighted by Crippen LogP contribution is 2.37. The Morgan fingerprint density at radius 1 is 0.833 bits per heavy atom. The fourth-order valence-electron chi connectivity index (χ4n) is 6.05. The van der Waals surface area contributed by atoms with E-state index in [1.807, 2.05) is 0 Å². The fourth-order valence-corrected chi connectivity index (χ4v) is 6.05. The van der Waals surface area contributed by atoms with Gasteiger partial charge >= 0.3 is 0 Å². The molecule has 1 heterocycles. The summed E-state index contributed by atoms with van der Waals surface area (Å²) in [5.41, 5.74) is 4.57. The summed E-state index contributed by atoms with van der Waals surface area (Å²) in [5.74, 6) is 1.16. The number of rotatable bonds is 13. The first-order chi connectivity index (χ1) is 20.3. The number of quaternary nitrogens is 1. The van der Waals surface area contributed by atoms with Crippen molar-refractivity contribution in [3.05, 3.63) is 72.8 Å². The van der Waals surface area contributed by atoms with Gasteiger partial charge in [-0.1, -0.05) is 68.3 Å². The molecule has 0 aliphatic rings. The Balaban J connectivity index is 1.44. The van der Waals surface area contributed by atoms with E-state index in [9.17, 15) is 4.79 Å². The Bertz CT molecular complexity index is 1670. The van der Waals surface area contributed by atoms with Gasteiger partial charge in [0.15, 0.2) is 6.54 Å². The molecule has 0 aliphatic carbocycles. The van der Waals surface area contributed by atoms with Gasteiger partial charge in [0, 0.05) is 49.2 Å². The molecule has 1 aromatic heterocycles. The van der Waals surface area contributed by atoms with Crippen LogP contribution in [0.25, 0.3) is 44.0 Å². The standard InChI is InChI=1S/C36H45N5O/c1-6-7-12-23-37-33(42)26-41(4,5)25-14-13-24-40-35-32-18-11-9-16-30(32)29-15-8-10-17-31(29)34(35)38-36(40)27-19-21-28(22-20-27)39(2)3/h8-11,15-22H,6-7,12-14,23-26H2,1-5H3/p+1. The van der Waals surface area contributed by atoms with Crippen molar-refractivity contribution in [2.75, 3.05) is 52.7 Å². The molecule has 4 aromatic carbocycles. The highest BCUT2D eigenvalue weighted by Gasteiger charge is 2.21. The van der Waals surface area contributed by atoms with Gasteiger partial charge in [-0.25, -0.2) is 4.98 Å². The molecule has 6 nitrogen and oxygen atoms in total. The highest BCUT2D eigenvalue weighted by atomic mass is 16.2. The van der Waals surface area contributed by atoms with Crippen LogP contribution in [0.15, 0.2) is 72.8 Å². The summed E-state index contributed by atoms with van der Waals surface area (Å²) in [5, 5.41) is 8.04. The SMILES string of the molecule is CCCCCNC(=O)C[N+](C)(C)CCCCn1c(-c2ccc(N(C)C)cc2)nc2c3ccccc3c3ccccc3c21. The molecule has 0 atom stereocenters. The van der Waals surface area contributed by atoms with E-state index in [1.54, 1.807) is 0 Å². The molecule has 0 bridgehead atoms. The molecule has 1 amide bonds. The molecule has 0 saturated carbocycles. The van der Waals surface area contributed by atoms with Crippen molar-refractivity contribution >= 4 is 44.2 Å². The molecular weight excluding hydrogens is 518 g/mol. The predicted octanol–water partition coefficient (Wildman–Crippen LogP) is 7.24. The molecule has 6 heteroatoms. The van der Waals surface area contributed by atoms with Crippen LogP contribution in [0, 0.1) is 0 Å². The van der Waals surface area contributed by atoms with E-state index in [0.29, 0.717) is 11.0 Å². The van der Waals surface area contributed by atoms with E-state index < -0.39 is 0 Å². The van der Waals surface area contributed by atoms with Gasteiger partial charge in [-0.05, 0) is 54.3 Å². The van der Waals surface area contributed by atoms with Crippen LogP contribution in [0.5, 0.6) is 0 Å². The highest BCUT2D eigenvalue weighted by molar-refractivity contribution is 6.23. The molecular formula is C36H46N5O+. The summed E-state index contributed by atoms with van der Waals surface area (Å²) in [6.07, 6.45) is 5.42. The van der Waals surface area contributed by atoms with E-state index >= 15 is 0 Å². The maximum absolute atomic E-state index is 12.5. The van der Waals surface area contributed by atoms with Gasteiger partial charge in [0.05, 0.1) is 31.7 Å². The minimum absolute atomic E-state index is 0.151. The van der Waals surface area contributed by atoms with Gasteiger partial charge in [0.2, 0.25) is 0 Å². The normalized spacial score (nSPS) is 11.9. The van der Waals surface area contributed by atoms with E-state index in [0.717, 1.165) is 62.2 Å². The number of amides is 1. The van der Waals surface area contributed by atoms with E-state index in [2.05, 4.69) is 123 Å². The molecule has 5 aromatic rings. The van der Waals surface area contributed by atoms with Crippen molar-refractivity contribution in [3.8, 4) is 11.4 Å². The maximum Gasteiger partial charge on any atom is 0.275 e. The zero-order chi connectivity index (χ0) is 29.7. The largest absolute Gasteiger partial charge is 0.378 e. The lowest BCUT2D eigenvalue weighted by Gasteiger charge is -2.29. The van der Waals surface area contributed by atoms with E-state index in [4.69, 9.17) is 4.98 Å². The minimum atomic E-state index is 0.151. The lowest BCUT2D eigenvalue weighted by atomic mass is 10.00. The number of fused-ring (bicyclic) bond motifs is 6. The first-order valence-corrected chi connectivity index (χ1v) is 15.4. The minimum Gasteiger partial charge on any atom is -0.378 e. The summed E-state index contributed by atoms with van der Waals surface area (Å²) in [7, 11) is 8.46. The first kappa shape index (κ1) is 29.6. The van der Waals surface area contributed by atoms with E-state index in [-0.39, 0.29) is 5.91 Å². The van der Waals surface area contributed by atoms with Crippen LogP contribution < -0.4 is 10.2 Å². The summed E-state index contributed by atoms with van der Waals surface area (Å²) in [6, 6.07) is 26.1. The van der Waals surface area contributed by atoms with Crippen molar-refractivity contribution < 1.29 is 9.28 Å². The van der Waals surface area contributed by atoms with Crippen molar-refractivity contribution in [3.63, 3.8) is 0 Å². The Kier molecular flexibility index (Phi) is 9.12. The number of imidazole rings is 1. The molecule has 42 heavy (non-hydrogen) atoms. The number of benzene rings is 4. The molecule has 0 spiro atoms. The van der Waals surface area contributed by atoms with Gasteiger partial charge in [-0.15, -0.1) is 0 Å². The second-order valence-corrected chi connectivity index (χ2v) is 12.4. The third-order valence-electron chi connectivity index (χ3n) is 8.33. The quantitative estimate of drug-likeness (QED) is 0.0932. The third-order valence-corrected chi connectivity index (χ3v) is 8.33. The number of nitrogens with zero attached hydrogens (tertiary/aromatic N) is 4. The first-order valence-electron chi connectivity index (χ1n) is 15.4. The number of likely N-dealkylation sites (N-methyl/N-ethyl adjacent to an activating group) is 1. The Hall–Kier alpha value is -3.90. The second-order valence-electron chi connectivity index (χ2n) is 12.4. The van der Waals surface area contributed by atoms with Crippen LogP contribution in [0.1, 0.15) is 39.0 Å². The predicted molar refractivity (Wildman–Crippen MR) is 178 cm³/mol. The zero-order valence-electron chi connectivity index (χ0n) is 26.0. The van der Waals surface area contributed by atoms with Crippen molar-refractivity contribution in [2.45, 2.75) is 45.6 Å². The number of carbonyl (C=O) groups is 1. The molecule has 0 unspecified atom stereocenters. The van der Waals surface area contributed by atoms with Crippen LogP contribution in [-0.2, 0) is 11.3 Å². The average Bonchev–Trinajstić information content (AvgIpc) is 3.37. The number of hydrogen-bond donors (Lipinski definition) is 1. The van der Waals surface area contributed by atoms with Crippen LogP contribution in [0.2, 0.25) is 0 Å². The number of unbranched alkanes of at least 4 members (excludes halogenated alkanes) is 3. The van der Waals surface area contributed by atoms with Gasteiger partial charge in [-0.3, -0.25) is 4.79 Å². The number of nitrogens with one attached hydrogen (secondary N) is 1. The number of hydrogen-bond acceptors (Lipinski definition) is 3. The summed E-state index contributed by atoms with van der Waals surface area (Å²) in [4.78, 5) is 20.0. The summed E-state index contributed by atoms with van der Waals surface area (Å²) >= 11 is 0. The second kappa shape index (κ2) is 13.0. The van der Waals surface area contributed by atoms with Gasteiger partial charge < -0.3 is 19.3 Å². The smallest absolute Gasteiger partial charge is 0.275 e. The number of aromatic nitrogens is 2. The molecule has 5 rings (SSSR count). The van der Waals surface area contributed by atoms with E-state index in [1.165, 1.54) is 39.2 Å². The Morgan fingerprint density at radius 3 is 2.14 bits per heavy atom. The number of carbonyl (C=O) groups excluding carboxylic acids is 1. The van der Waals surface area contributed by atoms with Crippen molar-refractivity contribution in [1.82, 2.24) is 14.9 Å². The van der Waals surface area contributed by atoms with Gasteiger partial charge in [-0.2, -0.15) is 0 Å². The topological polar surface area (TPSA) is 50.2 Å². The van der Waals surface area contributed by atoms with Crippen LogP contribution in [-0.4, -0.2) is 67.8 Å². The molecule has 0 fully saturated rings. The van der Waals surface area contributed by atoms with Gasteiger partial charge in [0.25, 0.3) is 5.91 Å². The molecule has 220 valence electrons.